The van der Waals surface area contributed by atoms with Crippen LogP contribution in [0.15, 0.2) is 40.1 Å². The van der Waals surface area contributed by atoms with Crippen LogP contribution in [-0.4, -0.2) is 22.8 Å². The molecule has 0 saturated carbocycles. The molecule has 2 aromatic rings. The minimum Gasteiger partial charge on any atom is -0.496 e. The highest BCUT2D eigenvalue weighted by atomic mass is 35.5. The van der Waals surface area contributed by atoms with Crippen LogP contribution >= 0.6 is 11.6 Å². The van der Waals surface area contributed by atoms with Gasteiger partial charge in [0.2, 0.25) is 0 Å². The summed E-state index contributed by atoms with van der Waals surface area (Å²) in [6, 6.07) is 6.51. The molecule has 21 heavy (non-hydrogen) atoms. The minimum atomic E-state index is -0.407. The van der Waals surface area contributed by atoms with Gasteiger partial charge in [-0.2, -0.15) is 0 Å². The molecule has 0 aliphatic heterocycles. The first-order chi connectivity index (χ1) is 10.1. The zero-order valence-electron chi connectivity index (χ0n) is 11.6. The Labute approximate surface area is 126 Å². The van der Waals surface area contributed by atoms with E-state index in [-0.39, 0.29) is 25.2 Å². The van der Waals surface area contributed by atoms with Gasteiger partial charge in [0.25, 0.3) is 5.56 Å². The molecule has 0 aliphatic carbocycles. The summed E-state index contributed by atoms with van der Waals surface area (Å²) in [4.78, 5) is 23.9. The smallest absolute Gasteiger partial charge is 0.331 e. The Kier molecular flexibility index (Phi) is 4.82. The molecule has 0 saturated heterocycles. The molecule has 0 amide bonds. The van der Waals surface area contributed by atoms with Gasteiger partial charge in [-0.3, -0.25) is 13.9 Å². The number of rotatable bonds is 5. The van der Waals surface area contributed by atoms with E-state index in [0.717, 1.165) is 10.1 Å². The van der Waals surface area contributed by atoms with Gasteiger partial charge in [-0.1, -0.05) is 11.6 Å². The van der Waals surface area contributed by atoms with Gasteiger partial charge < -0.3 is 10.5 Å². The van der Waals surface area contributed by atoms with Gasteiger partial charge in [0, 0.05) is 35.9 Å². The van der Waals surface area contributed by atoms with Crippen LogP contribution in [0.2, 0.25) is 5.02 Å². The van der Waals surface area contributed by atoms with Gasteiger partial charge in [0.1, 0.15) is 5.75 Å². The van der Waals surface area contributed by atoms with Gasteiger partial charge in [-0.05, 0) is 18.2 Å². The molecular weight excluding hydrogens is 294 g/mol. The molecule has 0 bridgehead atoms. The highest BCUT2D eigenvalue weighted by molar-refractivity contribution is 6.30. The highest BCUT2D eigenvalue weighted by Crippen LogP contribution is 2.22. The van der Waals surface area contributed by atoms with Crippen molar-refractivity contribution in [3.63, 3.8) is 0 Å². The van der Waals surface area contributed by atoms with E-state index < -0.39 is 5.69 Å². The molecule has 1 aromatic carbocycles. The van der Waals surface area contributed by atoms with Crippen LogP contribution in [0.4, 0.5) is 0 Å². The van der Waals surface area contributed by atoms with E-state index in [1.54, 1.807) is 25.3 Å². The predicted octanol–water partition coefficient (Wildman–Crippen LogP) is 0.679. The predicted molar refractivity (Wildman–Crippen MR) is 81.1 cm³/mol. The van der Waals surface area contributed by atoms with E-state index in [0.29, 0.717) is 10.8 Å². The van der Waals surface area contributed by atoms with Crippen LogP contribution in [0.3, 0.4) is 0 Å². The zero-order chi connectivity index (χ0) is 15.4. The summed E-state index contributed by atoms with van der Waals surface area (Å²) >= 11 is 5.97. The average molecular weight is 310 g/mol. The fourth-order valence-electron chi connectivity index (χ4n) is 2.07. The van der Waals surface area contributed by atoms with Crippen LogP contribution in [0.1, 0.15) is 5.56 Å². The van der Waals surface area contributed by atoms with Crippen molar-refractivity contribution in [2.24, 2.45) is 5.73 Å². The lowest BCUT2D eigenvalue weighted by Crippen LogP contribution is -2.40. The van der Waals surface area contributed by atoms with Gasteiger partial charge in [-0.25, -0.2) is 4.79 Å². The number of ether oxygens (including phenoxy) is 1. The largest absolute Gasteiger partial charge is 0.496 e. The summed E-state index contributed by atoms with van der Waals surface area (Å²) in [5.41, 5.74) is 5.41. The topological polar surface area (TPSA) is 79.2 Å². The van der Waals surface area contributed by atoms with Crippen molar-refractivity contribution in [2.45, 2.75) is 13.1 Å². The van der Waals surface area contributed by atoms with Crippen molar-refractivity contribution in [1.29, 1.82) is 0 Å². The molecule has 0 aliphatic rings. The maximum atomic E-state index is 12.3. The third-order valence-electron chi connectivity index (χ3n) is 3.08. The number of hydrogen-bond donors (Lipinski definition) is 1. The van der Waals surface area contributed by atoms with Crippen molar-refractivity contribution < 1.29 is 4.74 Å². The Balaban J connectivity index is 2.45. The number of benzene rings is 1. The molecule has 2 N–H and O–H groups in total. The lowest BCUT2D eigenvalue weighted by Gasteiger charge is -2.12. The number of nitrogens with zero attached hydrogens (tertiary/aromatic N) is 2. The first kappa shape index (κ1) is 15.3. The molecule has 0 spiro atoms. The molecule has 6 nitrogen and oxygen atoms in total. The van der Waals surface area contributed by atoms with Gasteiger partial charge in [0.05, 0.1) is 13.7 Å². The van der Waals surface area contributed by atoms with E-state index in [2.05, 4.69) is 0 Å². The third kappa shape index (κ3) is 3.34. The Hall–Kier alpha value is -2.05. The van der Waals surface area contributed by atoms with E-state index in [9.17, 15) is 9.59 Å². The molecule has 1 aromatic heterocycles. The highest BCUT2D eigenvalue weighted by Gasteiger charge is 2.09. The summed E-state index contributed by atoms with van der Waals surface area (Å²) in [6.07, 6.45) is 1.46. The van der Waals surface area contributed by atoms with Crippen molar-refractivity contribution in [2.75, 3.05) is 13.7 Å². The van der Waals surface area contributed by atoms with E-state index in [1.807, 2.05) is 0 Å². The first-order valence-electron chi connectivity index (χ1n) is 6.39. The van der Waals surface area contributed by atoms with E-state index in [1.165, 1.54) is 16.8 Å². The van der Waals surface area contributed by atoms with Crippen molar-refractivity contribution >= 4 is 11.6 Å². The summed E-state index contributed by atoms with van der Waals surface area (Å²) in [6.45, 7) is 0.665. The average Bonchev–Trinajstić information content (AvgIpc) is 2.47. The van der Waals surface area contributed by atoms with Gasteiger partial charge in [-0.15, -0.1) is 0 Å². The lowest BCUT2D eigenvalue weighted by molar-refractivity contribution is 0.407. The van der Waals surface area contributed by atoms with Gasteiger partial charge in [0.15, 0.2) is 0 Å². The zero-order valence-corrected chi connectivity index (χ0v) is 12.3. The molecule has 2 rings (SSSR count). The number of methoxy groups -OCH3 is 1. The van der Waals surface area contributed by atoms with Crippen molar-refractivity contribution in [1.82, 2.24) is 9.13 Å². The lowest BCUT2D eigenvalue weighted by atomic mass is 10.2. The summed E-state index contributed by atoms with van der Waals surface area (Å²) in [5, 5.41) is 0.550. The molecule has 112 valence electrons. The molecule has 0 unspecified atom stereocenters. The minimum absolute atomic E-state index is 0.186. The normalized spacial score (nSPS) is 10.6. The molecule has 0 atom stereocenters. The quantitative estimate of drug-likeness (QED) is 0.881. The Morgan fingerprint density at radius 3 is 2.71 bits per heavy atom. The fourth-order valence-corrected chi connectivity index (χ4v) is 2.26. The maximum Gasteiger partial charge on any atom is 0.331 e. The monoisotopic (exact) mass is 309 g/mol. The molecular formula is C14H16ClN3O3. The standard InChI is InChI=1S/C14H16ClN3O3/c1-21-12-3-2-11(15)8-10(12)9-17-6-4-13(19)18(7-5-16)14(17)20/h2-4,6,8H,5,7,9,16H2,1H3. The maximum absolute atomic E-state index is 12.3. The van der Waals surface area contributed by atoms with E-state index in [4.69, 9.17) is 22.1 Å². The SMILES string of the molecule is COc1ccc(Cl)cc1Cn1ccc(=O)n(CCN)c1=O. The molecule has 7 heteroatoms. The Morgan fingerprint density at radius 2 is 2.05 bits per heavy atom. The molecule has 0 radical (unpaired) electrons. The van der Waals surface area contributed by atoms with Gasteiger partial charge >= 0.3 is 5.69 Å². The summed E-state index contributed by atoms with van der Waals surface area (Å²) in [5.74, 6) is 0.628. The summed E-state index contributed by atoms with van der Waals surface area (Å²) in [7, 11) is 1.55. The molecule has 1 heterocycles. The second-order valence-electron chi connectivity index (χ2n) is 4.46. The Morgan fingerprint density at radius 1 is 1.29 bits per heavy atom. The van der Waals surface area contributed by atoms with Crippen LogP contribution in [0.5, 0.6) is 5.75 Å². The van der Waals surface area contributed by atoms with Crippen LogP contribution in [0, 0.1) is 0 Å². The number of hydrogen-bond acceptors (Lipinski definition) is 4. The van der Waals surface area contributed by atoms with Crippen LogP contribution < -0.4 is 21.7 Å². The molecule has 0 fully saturated rings. The number of halogens is 1. The van der Waals surface area contributed by atoms with Crippen LogP contribution in [0.25, 0.3) is 0 Å². The third-order valence-corrected chi connectivity index (χ3v) is 3.31. The summed E-state index contributed by atoms with van der Waals surface area (Å²) < 4.78 is 7.78. The van der Waals surface area contributed by atoms with E-state index >= 15 is 0 Å². The first-order valence-corrected chi connectivity index (χ1v) is 6.77. The van der Waals surface area contributed by atoms with Crippen molar-refractivity contribution in [3.8, 4) is 5.75 Å². The Bertz CT molecular complexity index is 752. The van der Waals surface area contributed by atoms with Crippen molar-refractivity contribution in [3.05, 3.63) is 61.9 Å². The number of aromatic nitrogens is 2. The second-order valence-corrected chi connectivity index (χ2v) is 4.90. The number of nitrogens with two attached hydrogens (primary N) is 1. The second kappa shape index (κ2) is 6.60. The fraction of sp³-hybridized carbons (Fsp3) is 0.286. The van der Waals surface area contributed by atoms with Crippen LogP contribution in [-0.2, 0) is 13.1 Å².